The second kappa shape index (κ2) is 9.75. The molecule has 0 atom stereocenters. The lowest BCUT2D eigenvalue weighted by Crippen LogP contribution is -2.12. The van der Waals surface area contributed by atoms with Crippen LogP contribution in [-0.4, -0.2) is 22.4 Å². The minimum absolute atomic E-state index is 0.401. The van der Waals surface area contributed by atoms with Crippen LogP contribution in [-0.2, 0) is 0 Å². The maximum Gasteiger partial charge on any atom is 0.344 e. The van der Waals surface area contributed by atoms with Gasteiger partial charge in [0.15, 0.2) is 0 Å². The van der Waals surface area contributed by atoms with Crippen molar-refractivity contribution >= 4 is 17.7 Å². The standard InChI is InChI=1S/C26H24N2O3S/c1-4-30-22-14-12-20(13-15-22)26(29)31-25-24(32-23-16-10-18(2)11-17-23)19(3)27-28(25)21-8-6-5-7-9-21/h5-17H,4H2,1-3H3. The molecule has 0 amide bonds. The molecule has 1 aromatic heterocycles. The third kappa shape index (κ3) is 4.86. The molecule has 0 spiro atoms. The van der Waals surface area contributed by atoms with E-state index in [2.05, 4.69) is 36.3 Å². The predicted octanol–water partition coefficient (Wildman–Crippen LogP) is 6.26. The Labute approximate surface area is 192 Å². The number of aromatic nitrogens is 2. The van der Waals surface area contributed by atoms with E-state index >= 15 is 0 Å². The second-order valence-electron chi connectivity index (χ2n) is 7.23. The molecule has 3 aromatic carbocycles. The highest BCUT2D eigenvalue weighted by atomic mass is 32.2. The van der Waals surface area contributed by atoms with E-state index in [0.717, 1.165) is 21.2 Å². The number of carbonyl (C=O) groups is 1. The molecule has 0 radical (unpaired) electrons. The van der Waals surface area contributed by atoms with E-state index in [0.29, 0.717) is 23.8 Å². The molecule has 0 N–H and O–H groups in total. The largest absolute Gasteiger partial charge is 0.494 e. The predicted molar refractivity (Wildman–Crippen MR) is 126 cm³/mol. The van der Waals surface area contributed by atoms with Crippen molar-refractivity contribution in [3.8, 4) is 17.3 Å². The summed E-state index contributed by atoms with van der Waals surface area (Å²) in [6.07, 6.45) is 0. The first-order valence-corrected chi connectivity index (χ1v) is 11.2. The number of benzene rings is 3. The zero-order valence-electron chi connectivity index (χ0n) is 18.2. The van der Waals surface area contributed by atoms with Gasteiger partial charge in [0.2, 0.25) is 5.88 Å². The Morgan fingerprint density at radius 2 is 1.62 bits per heavy atom. The van der Waals surface area contributed by atoms with E-state index in [9.17, 15) is 4.79 Å². The molecule has 4 rings (SSSR count). The number of rotatable bonds is 7. The molecule has 0 aliphatic heterocycles. The van der Waals surface area contributed by atoms with Gasteiger partial charge < -0.3 is 9.47 Å². The van der Waals surface area contributed by atoms with Crippen LogP contribution in [0.5, 0.6) is 11.6 Å². The van der Waals surface area contributed by atoms with Gasteiger partial charge in [0.25, 0.3) is 0 Å². The second-order valence-corrected chi connectivity index (χ2v) is 8.31. The van der Waals surface area contributed by atoms with Crippen LogP contribution in [0, 0.1) is 13.8 Å². The van der Waals surface area contributed by atoms with Gasteiger partial charge in [-0.05, 0) is 69.3 Å². The van der Waals surface area contributed by atoms with Gasteiger partial charge in [0, 0.05) is 4.90 Å². The zero-order valence-corrected chi connectivity index (χ0v) is 19.1. The molecular weight excluding hydrogens is 420 g/mol. The Hall–Kier alpha value is -3.51. The quantitative estimate of drug-likeness (QED) is 0.315. The molecule has 162 valence electrons. The summed E-state index contributed by atoms with van der Waals surface area (Å²) in [7, 11) is 0. The number of ether oxygens (including phenoxy) is 2. The lowest BCUT2D eigenvalue weighted by molar-refractivity contribution is 0.0718. The summed E-state index contributed by atoms with van der Waals surface area (Å²) in [6.45, 7) is 6.46. The van der Waals surface area contributed by atoms with Gasteiger partial charge in [-0.3, -0.25) is 0 Å². The van der Waals surface area contributed by atoms with Gasteiger partial charge in [-0.15, -0.1) is 0 Å². The van der Waals surface area contributed by atoms with Crippen molar-refractivity contribution in [1.29, 1.82) is 0 Å². The number of carbonyl (C=O) groups excluding carboxylic acids is 1. The average molecular weight is 445 g/mol. The van der Waals surface area contributed by atoms with Gasteiger partial charge in [-0.25, -0.2) is 4.79 Å². The Bertz CT molecular complexity index is 1200. The number of hydrogen-bond donors (Lipinski definition) is 0. The third-order valence-corrected chi connectivity index (χ3v) is 5.98. The molecule has 0 saturated heterocycles. The van der Waals surface area contributed by atoms with Crippen molar-refractivity contribution in [2.24, 2.45) is 0 Å². The normalized spacial score (nSPS) is 10.7. The van der Waals surface area contributed by atoms with Gasteiger partial charge >= 0.3 is 5.97 Å². The van der Waals surface area contributed by atoms with Crippen LogP contribution in [0.25, 0.3) is 5.69 Å². The lowest BCUT2D eigenvalue weighted by atomic mass is 10.2. The maximum absolute atomic E-state index is 13.0. The topological polar surface area (TPSA) is 53.4 Å². The summed E-state index contributed by atoms with van der Waals surface area (Å²) in [5.41, 5.74) is 3.24. The van der Waals surface area contributed by atoms with Gasteiger partial charge in [-0.2, -0.15) is 9.78 Å². The molecule has 0 aliphatic rings. The van der Waals surface area contributed by atoms with Crippen molar-refractivity contribution in [2.45, 2.75) is 30.6 Å². The smallest absolute Gasteiger partial charge is 0.344 e. The third-order valence-electron chi connectivity index (χ3n) is 4.80. The summed E-state index contributed by atoms with van der Waals surface area (Å²) in [6, 6.07) is 24.8. The van der Waals surface area contributed by atoms with E-state index in [-0.39, 0.29) is 0 Å². The van der Waals surface area contributed by atoms with Crippen molar-refractivity contribution in [1.82, 2.24) is 9.78 Å². The van der Waals surface area contributed by atoms with Crippen molar-refractivity contribution in [3.05, 3.63) is 95.7 Å². The molecule has 1 heterocycles. The van der Waals surface area contributed by atoms with Crippen LogP contribution in [0.3, 0.4) is 0 Å². The van der Waals surface area contributed by atoms with Gasteiger partial charge in [-0.1, -0.05) is 47.7 Å². The minimum atomic E-state index is -0.448. The fraction of sp³-hybridized carbons (Fsp3) is 0.154. The summed E-state index contributed by atoms with van der Waals surface area (Å²) >= 11 is 1.53. The maximum atomic E-state index is 13.0. The van der Waals surface area contributed by atoms with Crippen LogP contribution >= 0.6 is 11.8 Å². The zero-order chi connectivity index (χ0) is 22.5. The van der Waals surface area contributed by atoms with Crippen LogP contribution in [0.2, 0.25) is 0 Å². The highest BCUT2D eigenvalue weighted by Gasteiger charge is 2.22. The van der Waals surface area contributed by atoms with Crippen molar-refractivity contribution in [2.75, 3.05) is 6.61 Å². The molecular formula is C26H24N2O3S. The van der Waals surface area contributed by atoms with E-state index in [1.54, 1.807) is 28.9 Å². The van der Waals surface area contributed by atoms with Crippen LogP contribution in [0.4, 0.5) is 0 Å². The average Bonchev–Trinajstić information content (AvgIpc) is 3.11. The Morgan fingerprint density at radius 3 is 2.28 bits per heavy atom. The van der Waals surface area contributed by atoms with Crippen LogP contribution in [0.15, 0.2) is 88.7 Å². The number of esters is 1. The van der Waals surface area contributed by atoms with Crippen LogP contribution in [0.1, 0.15) is 28.5 Å². The van der Waals surface area contributed by atoms with Crippen molar-refractivity contribution < 1.29 is 14.3 Å². The van der Waals surface area contributed by atoms with E-state index in [4.69, 9.17) is 9.47 Å². The highest BCUT2D eigenvalue weighted by Crippen LogP contribution is 2.39. The molecule has 32 heavy (non-hydrogen) atoms. The van der Waals surface area contributed by atoms with Crippen molar-refractivity contribution in [3.63, 3.8) is 0 Å². The first kappa shape index (κ1) is 21.7. The first-order chi connectivity index (χ1) is 15.5. The highest BCUT2D eigenvalue weighted by molar-refractivity contribution is 7.99. The Balaban J connectivity index is 1.70. The lowest BCUT2D eigenvalue weighted by Gasteiger charge is -2.11. The van der Waals surface area contributed by atoms with Crippen LogP contribution < -0.4 is 9.47 Å². The van der Waals surface area contributed by atoms with Gasteiger partial charge in [0.05, 0.1) is 28.4 Å². The summed E-state index contributed by atoms with van der Waals surface area (Å²) in [5.74, 6) is 0.666. The minimum Gasteiger partial charge on any atom is -0.494 e. The van der Waals surface area contributed by atoms with E-state index < -0.39 is 5.97 Å². The number of aryl methyl sites for hydroxylation is 2. The molecule has 0 unspecified atom stereocenters. The van der Waals surface area contributed by atoms with Gasteiger partial charge in [0.1, 0.15) is 5.75 Å². The Kier molecular flexibility index (Phi) is 6.61. The Morgan fingerprint density at radius 1 is 0.938 bits per heavy atom. The molecule has 0 aliphatic carbocycles. The SMILES string of the molecule is CCOc1ccc(C(=O)Oc2c(Sc3ccc(C)cc3)c(C)nn2-c2ccccc2)cc1. The molecule has 0 saturated carbocycles. The molecule has 4 aromatic rings. The van der Waals surface area contributed by atoms with E-state index in [1.807, 2.05) is 44.2 Å². The molecule has 6 heteroatoms. The molecule has 5 nitrogen and oxygen atoms in total. The summed E-state index contributed by atoms with van der Waals surface area (Å²) in [5, 5.41) is 4.68. The van der Waals surface area contributed by atoms with E-state index in [1.165, 1.54) is 17.3 Å². The molecule has 0 fully saturated rings. The molecule has 0 bridgehead atoms. The summed E-state index contributed by atoms with van der Waals surface area (Å²) < 4.78 is 13.1. The summed E-state index contributed by atoms with van der Waals surface area (Å²) in [4.78, 5) is 14.9. The number of nitrogens with zero attached hydrogens (tertiary/aromatic N) is 2. The fourth-order valence-corrected chi connectivity index (χ4v) is 4.08. The number of para-hydroxylation sites is 1. The number of hydrogen-bond acceptors (Lipinski definition) is 5. The monoisotopic (exact) mass is 444 g/mol. The first-order valence-electron chi connectivity index (χ1n) is 10.4. The fourth-order valence-electron chi connectivity index (χ4n) is 3.17.